The Bertz CT molecular complexity index is 1390. The molecular weight excluding hydrogens is 470 g/mol. The molecule has 1 unspecified atom stereocenters. The molecule has 0 spiro atoms. The Morgan fingerprint density at radius 3 is 2.08 bits per heavy atom. The molecule has 1 atom stereocenters. The molecule has 1 aliphatic heterocycles. The van der Waals surface area contributed by atoms with Gasteiger partial charge in [-0.05, 0) is 43.0 Å². The van der Waals surface area contributed by atoms with Crippen LogP contribution in [0.5, 0.6) is 0 Å². The summed E-state index contributed by atoms with van der Waals surface area (Å²) in [7, 11) is -4.07. The average molecular weight is 500 g/mol. The van der Waals surface area contributed by atoms with Gasteiger partial charge in [-0.15, -0.1) is 4.40 Å². The van der Waals surface area contributed by atoms with E-state index in [1.54, 1.807) is 29.2 Å². The molecule has 6 nitrogen and oxygen atoms in total. The zero-order valence-corrected chi connectivity index (χ0v) is 21.1. The highest BCUT2D eigenvalue weighted by atomic mass is 32.2. The highest BCUT2D eigenvalue weighted by Gasteiger charge is 2.42. The summed E-state index contributed by atoms with van der Waals surface area (Å²) in [5.74, 6) is -0.866. The van der Waals surface area contributed by atoms with Gasteiger partial charge in [0.15, 0.2) is 0 Å². The maximum absolute atomic E-state index is 14.3. The molecule has 0 N–H and O–H groups in total. The van der Waals surface area contributed by atoms with Gasteiger partial charge in [-0.1, -0.05) is 97.6 Å². The Labute approximate surface area is 212 Å². The standard InChI is InChI=1S/C29H29N3O3S/c1-21-17-19-25(20-18-21)36(34,35)31-29-30-27(23-13-7-3-8-14-23)26(22-11-5-2-6-12-22)28(33)32(29)24-15-9-4-10-16-24/h2-3,5-8,11-14,17-20,24,26H,4,9-10,15-16H2,1H3/b31-29+. The summed E-state index contributed by atoms with van der Waals surface area (Å²) in [6.45, 7) is 1.90. The summed E-state index contributed by atoms with van der Waals surface area (Å²) in [6, 6.07) is 25.4. The third-order valence-electron chi connectivity index (χ3n) is 6.86. The Morgan fingerprint density at radius 1 is 0.833 bits per heavy atom. The van der Waals surface area contributed by atoms with Gasteiger partial charge in [-0.2, -0.15) is 8.42 Å². The minimum absolute atomic E-state index is 0.0430. The Morgan fingerprint density at radius 2 is 1.44 bits per heavy atom. The van der Waals surface area contributed by atoms with Gasteiger partial charge in [0.25, 0.3) is 10.0 Å². The lowest BCUT2D eigenvalue weighted by Gasteiger charge is -2.39. The van der Waals surface area contributed by atoms with Crippen LogP contribution in [0.25, 0.3) is 0 Å². The van der Waals surface area contributed by atoms with E-state index in [9.17, 15) is 13.2 Å². The number of guanidine groups is 1. The lowest BCUT2D eigenvalue weighted by atomic mass is 9.85. The van der Waals surface area contributed by atoms with Crippen LogP contribution in [-0.2, 0) is 14.8 Å². The lowest BCUT2D eigenvalue weighted by molar-refractivity contribution is -0.129. The molecule has 7 heteroatoms. The molecule has 1 amide bonds. The van der Waals surface area contributed by atoms with Crippen LogP contribution in [0.3, 0.4) is 0 Å². The van der Waals surface area contributed by atoms with Crippen molar-refractivity contribution in [2.24, 2.45) is 9.39 Å². The predicted octanol–water partition coefficient (Wildman–Crippen LogP) is 5.49. The van der Waals surface area contributed by atoms with E-state index in [-0.39, 0.29) is 22.8 Å². The molecule has 0 radical (unpaired) electrons. The molecule has 3 aromatic rings. The number of carbonyl (C=O) groups is 1. The minimum Gasteiger partial charge on any atom is -0.276 e. The van der Waals surface area contributed by atoms with Gasteiger partial charge in [-0.3, -0.25) is 9.69 Å². The molecule has 0 saturated heterocycles. The number of nitrogens with zero attached hydrogens (tertiary/aromatic N) is 3. The van der Waals surface area contributed by atoms with Crippen molar-refractivity contribution >= 4 is 27.6 Å². The average Bonchev–Trinajstić information content (AvgIpc) is 2.90. The second-order valence-corrected chi connectivity index (χ2v) is 11.0. The molecule has 1 aliphatic carbocycles. The number of amides is 1. The number of sulfonamides is 1. The highest BCUT2D eigenvalue weighted by molar-refractivity contribution is 7.90. The number of hydrogen-bond acceptors (Lipinski definition) is 3. The van der Waals surface area contributed by atoms with Crippen molar-refractivity contribution in [1.82, 2.24) is 4.90 Å². The van der Waals surface area contributed by atoms with E-state index < -0.39 is 15.9 Å². The molecule has 1 fully saturated rings. The Kier molecular flexibility index (Phi) is 6.83. The fraction of sp³-hybridized carbons (Fsp3) is 0.276. The van der Waals surface area contributed by atoms with Crippen LogP contribution in [0.4, 0.5) is 0 Å². The zero-order chi connectivity index (χ0) is 25.1. The van der Waals surface area contributed by atoms with E-state index in [4.69, 9.17) is 4.99 Å². The molecule has 1 saturated carbocycles. The maximum atomic E-state index is 14.3. The molecule has 1 heterocycles. The first kappa shape index (κ1) is 24.1. The van der Waals surface area contributed by atoms with E-state index in [1.165, 1.54) is 0 Å². The van der Waals surface area contributed by atoms with E-state index in [0.717, 1.165) is 48.8 Å². The summed E-state index contributed by atoms with van der Waals surface area (Å²) >= 11 is 0. The van der Waals surface area contributed by atoms with Gasteiger partial charge in [-0.25, -0.2) is 4.99 Å². The quantitative estimate of drug-likeness (QED) is 0.466. The van der Waals surface area contributed by atoms with Gasteiger partial charge in [0, 0.05) is 6.04 Å². The van der Waals surface area contributed by atoms with Crippen LogP contribution < -0.4 is 0 Å². The number of aryl methyl sites for hydroxylation is 1. The smallest absolute Gasteiger partial charge is 0.276 e. The first-order chi connectivity index (χ1) is 17.4. The monoisotopic (exact) mass is 499 g/mol. The third-order valence-corrected chi connectivity index (χ3v) is 8.13. The molecule has 0 aromatic heterocycles. The maximum Gasteiger partial charge on any atom is 0.285 e. The van der Waals surface area contributed by atoms with Crippen LogP contribution in [0, 0.1) is 6.92 Å². The van der Waals surface area contributed by atoms with Crippen LogP contribution in [0.15, 0.2) is 99.2 Å². The first-order valence-corrected chi connectivity index (χ1v) is 13.8. The minimum atomic E-state index is -4.07. The molecule has 3 aromatic carbocycles. The van der Waals surface area contributed by atoms with E-state index >= 15 is 0 Å². The van der Waals surface area contributed by atoms with Gasteiger partial charge >= 0.3 is 0 Å². The number of aliphatic imine (C=N–C) groups is 1. The fourth-order valence-corrected chi connectivity index (χ4v) is 5.91. The number of benzene rings is 3. The highest BCUT2D eigenvalue weighted by Crippen LogP contribution is 2.33. The first-order valence-electron chi connectivity index (χ1n) is 12.4. The largest absolute Gasteiger partial charge is 0.285 e. The third kappa shape index (κ3) is 4.88. The Hall–Kier alpha value is -3.58. The molecular formula is C29H29N3O3S. The zero-order valence-electron chi connectivity index (χ0n) is 20.2. The summed E-state index contributed by atoms with van der Waals surface area (Å²) in [6.07, 6.45) is 4.67. The van der Waals surface area contributed by atoms with Crippen molar-refractivity contribution in [2.75, 3.05) is 0 Å². The topological polar surface area (TPSA) is 79.2 Å². The number of hydrogen-bond donors (Lipinski definition) is 0. The molecule has 0 bridgehead atoms. The van der Waals surface area contributed by atoms with Gasteiger partial charge < -0.3 is 0 Å². The predicted molar refractivity (Wildman–Crippen MR) is 142 cm³/mol. The summed E-state index contributed by atoms with van der Waals surface area (Å²) in [5, 5.41) is 0. The normalized spacial score (nSPS) is 20.4. The van der Waals surface area contributed by atoms with Crippen LogP contribution >= 0.6 is 0 Å². The molecule has 5 rings (SSSR count). The van der Waals surface area contributed by atoms with E-state index in [2.05, 4.69) is 4.40 Å². The summed E-state index contributed by atoms with van der Waals surface area (Å²) in [4.78, 5) is 20.7. The van der Waals surface area contributed by atoms with Gasteiger partial charge in [0.2, 0.25) is 11.9 Å². The fourth-order valence-electron chi connectivity index (χ4n) is 4.98. The molecule has 184 valence electrons. The van der Waals surface area contributed by atoms with Crippen molar-refractivity contribution in [3.63, 3.8) is 0 Å². The van der Waals surface area contributed by atoms with Crippen LogP contribution in [-0.4, -0.2) is 36.9 Å². The van der Waals surface area contributed by atoms with Crippen molar-refractivity contribution in [1.29, 1.82) is 0 Å². The van der Waals surface area contributed by atoms with Crippen molar-refractivity contribution in [3.05, 3.63) is 102 Å². The Balaban J connectivity index is 1.70. The van der Waals surface area contributed by atoms with Crippen molar-refractivity contribution in [3.8, 4) is 0 Å². The SMILES string of the molecule is Cc1ccc(S(=O)(=O)/N=C2\N=C(c3ccccc3)C(c3ccccc3)C(=O)N2C2CCCCC2)cc1. The van der Waals surface area contributed by atoms with Gasteiger partial charge in [0.1, 0.15) is 5.92 Å². The second-order valence-electron chi connectivity index (χ2n) is 9.39. The number of rotatable bonds is 5. The van der Waals surface area contributed by atoms with Crippen molar-refractivity contribution in [2.45, 2.75) is 55.9 Å². The van der Waals surface area contributed by atoms with Crippen LogP contribution in [0.2, 0.25) is 0 Å². The summed E-state index contributed by atoms with van der Waals surface area (Å²) in [5.41, 5.74) is 3.06. The second kappa shape index (κ2) is 10.2. The summed E-state index contributed by atoms with van der Waals surface area (Å²) < 4.78 is 30.9. The molecule has 36 heavy (non-hydrogen) atoms. The van der Waals surface area contributed by atoms with Crippen molar-refractivity contribution < 1.29 is 13.2 Å². The lowest BCUT2D eigenvalue weighted by Crippen LogP contribution is -2.52. The van der Waals surface area contributed by atoms with E-state index in [1.807, 2.05) is 67.6 Å². The van der Waals surface area contributed by atoms with Gasteiger partial charge in [0.05, 0.1) is 10.6 Å². The number of carbonyl (C=O) groups excluding carboxylic acids is 1. The van der Waals surface area contributed by atoms with Crippen LogP contribution in [0.1, 0.15) is 54.7 Å². The molecule has 2 aliphatic rings. The van der Waals surface area contributed by atoms with E-state index in [0.29, 0.717) is 5.71 Å².